The van der Waals surface area contributed by atoms with Gasteiger partial charge in [0.05, 0.1) is 35.5 Å². The average molecular weight is 356 g/mol. The number of aromatic nitrogens is 2. The fraction of sp³-hybridized carbons (Fsp3) is 0.333. The van der Waals surface area contributed by atoms with Crippen molar-refractivity contribution in [3.63, 3.8) is 0 Å². The minimum Gasteiger partial charge on any atom is -0.378 e. The zero-order valence-corrected chi connectivity index (χ0v) is 13.8. The smallest absolute Gasteiger partial charge is 0.224 e. The van der Waals surface area contributed by atoms with Gasteiger partial charge in [0.1, 0.15) is 11.6 Å². The molecule has 0 saturated carbocycles. The highest BCUT2D eigenvalue weighted by molar-refractivity contribution is 7.84. The molecule has 0 bridgehead atoms. The Labute approximate surface area is 140 Å². The molecule has 2 heterocycles. The summed E-state index contributed by atoms with van der Waals surface area (Å²) in [6, 6.07) is 7.39. The number of nitrogens with zero attached hydrogens (tertiary/aromatic N) is 3. The lowest BCUT2D eigenvalue weighted by Crippen LogP contribution is -2.36. The van der Waals surface area contributed by atoms with Gasteiger partial charge in [-0.25, -0.2) is 14.4 Å². The molecule has 1 aliphatic heterocycles. The quantitative estimate of drug-likeness (QED) is 0.788. The van der Waals surface area contributed by atoms with E-state index in [1.165, 1.54) is 24.3 Å². The summed E-state index contributed by atoms with van der Waals surface area (Å²) in [6.07, 6.45) is 0. The highest BCUT2D eigenvalue weighted by Gasteiger charge is 2.16. The minimum absolute atomic E-state index is 0.125. The van der Waals surface area contributed by atoms with Crippen molar-refractivity contribution in [2.24, 2.45) is 0 Å². The van der Waals surface area contributed by atoms with Crippen molar-refractivity contribution in [2.45, 2.75) is 10.6 Å². The first-order valence-electron chi connectivity index (χ1n) is 7.12. The summed E-state index contributed by atoms with van der Waals surface area (Å²) >= 11 is 5.99. The number of hydrogen-bond donors (Lipinski definition) is 0. The maximum atomic E-state index is 12.9. The highest BCUT2D eigenvalue weighted by Crippen LogP contribution is 2.19. The molecule has 2 aromatic rings. The van der Waals surface area contributed by atoms with Crippen molar-refractivity contribution in [3.05, 3.63) is 47.1 Å². The Morgan fingerprint density at radius 3 is 2.61 bits per heavy atom. The molecular formula is C15H15ClFN3O2S. The van der Waals surface area contributed by atoms with E-state index in [0.29, 0.717) is 29.6 Å². The molecule has 1 atom stereocenters. The lowest BCUT2D eigenvalue weighted by Gasteiger charge is -2.27. The number of ether oxygens (including phenoxy) is 1. The average Bonchev–Trinajstić information content (AvgIpc) is 2.55. The summed E-state index contributed by atoms with van der Waals surface area (Å²) in [5, 5.41) is 0.125. The Morgan fingerprint density at radius 1 is 1.22 bits per heavy atom. The second kappa shape index (κ2) is 7.33. The fourth-order valence-electron chi connectivity index (χ4n) is 2.28. The summed E-state index contributed by atoms with van der Waals surface area (Å²) in [6.45, 7) is 2.73. The second-order valence-electron chi connectivity index (χ2n) is 5.03. The molecule has 1 saturated heterocycles. The maximum absolute atomic E-state index is 12.9. The van der Waals surface area contributed by atoms with Gasteiger partial charge < -0.3 is 9.64 Å². The molecule has 0 spiro atoms. The summed E-state index contributed by atoms with van der Waals surface area (Å²) in [5.41, 5.74) is 0.592. The largest absolute Gasteiger partial charge is 0.378 e. The van der Waals surface area contributed by atoms with Gasteiger partial charge in [0.25, 0.3) is 0 Å². The summed E-state index contributed by atoms with van der Waals surface area (Å²) in [5.74, 6) is 0.551. The molecule has 1 fully saturated rings. The number of benzene rings is 1. The summed E-state index contributed by atoms with van der Waals surface area (Å²) < 4.78 is 30.6. The van der Waals surface area contributed by atoms with Gasteiger partial charge in [-0.3, -0.25) is 4.21 Å². The van der Waals surface area contributed by atoms with Crippen LogP contribution in [0.4, 0.5) is 10.2 Å². The normalized spacial score (nSPS) is 16.3. The number of rotatable bonds is 4. The summed E-state index contributed by atoms with van der Waals surface area (Å²) in [4.78, 5) is 11.0. The third-order valence-corrected chi connectivity index (χ3v) is 4.95. The first-order chi connectivity index (χ1) is 11.1. The van der Waals surface area contributed by atoms with Crippen molar-refractivity contribution < 1.29 is 13.3 Å². The monoisotopic (exact) mass is 355 g/mol. The molecule has 0 N–H and O–H groups in total. The molecule has 3 rings (SSSR count). The first-order valence-corrected chi connectivity index (χ1v) is 8.81. The number of morpholine rings is 1. The Bertz CT molecular complexity index is 708. The van der Waals surface area contributed by atoms with Crippen LogP contribution in [0.5, 0.6) is 0 Å². The van der Waals surface area contributed by atoms with Crippen molar-refractivity contribution in [2.75, 3.05) is 31.2 Å². The first kappa shape index (κ1) is 16.3. The molecular weight excluding hydrogens is 341 g/mol. The molecule has 1 aromatic heterocycles. The standard InChI is InChI=1S/C15H15ClFN3O2S/c16-15-18-12(9-14(19-15)20-5-7-22-8-6-20)10-23(21)13-3-1-11(17)2-4-13/h1-4,9H,5-8,10H2. The SMILES string of the molecule is O=S(Cc1cc(N2CCOCC2)nc(Cl)n1)c1ccc(F)cc1. The highest BCUT2D eigenvalue weighted by atomic mass is 35.5. The number of hydrogen-bond acceptors (Lipinski definition) is 5. The van der Waals surface area contributed by atoms with E-state index < -0.39 is 10.8 Å². The fourth-order valence-corrected chi connectivity index (χ4v) is 3.50. The topological polar surface area (TPSA) is 55.3 Å². The van der Waals surface area contributed by atoms with Crippen LogP contribution in [0.2, 0.25) is 5.28 Å². The Balaban J connectivity index is 1.78. The van der Waals surface area contributed by atoms with Gasteiger partial charge >= 0.3 is 0 Å². The van der Waals surface area contributed by atoms with E-state index in [-0.39, 0.29) is 16.9 Å². The summed E-state index contributed by atoms with van der Waals surface area (Å²) in [7, 11) is -1.32. The van der Waals surface area contributed by atoms with Crippen molar-refractivity contribution in [1.82, 2.24) is 9.97 Å². The van der Waals surface area contributed by atoms with E-state index in [2.05, 4.69) is 14.9 Å². The zero-order valence-electron chi connectivity index (χ0n) is 12.2. The van der Waals surface area contributed by atoms with Crippen LogP contribution >= 0.6 is 11.6 Å². The zero-order chi connectivity index (χ0) is 16.2. The van der Waals surface area contributed by atoms with Gasteiger partial charge in [-0.15, -0.1) is 0 Å². The molecule has 0 amide bonds. The predicted molar refractivity (Wildman–Crippen MR) is 86.6 cm³/mol. The van der Waals surface area contributed by atoms with Gasteiger partial charge in [0.15, 0.2) is 0 Å². The third kappa shape index (κ3) is 4.25. The Hall–Kier alpha value is -1.57. The molecule has 0 radical (unpaired) electrons. The van der Waals surface area contributed by atoms with Crippen LogP contribution in [-0.2, 0) is 21.3 Å². The van der Waals surface area contributed by atoms with Gasteiger partial charge in [-0.2, -0.15) is 0 Å². The minimum atomic E-state index is -1.32. The molecule has 0 aliphatic carbocycles. The van der Waals surface area contributed by atoms with Crippen LogP contribution in [0.25, 0.3) is 0 Å². The molecule has 122 valence electrons. The molecule has 1 aliphatic rings. The van der Waals surface area contributed by atoms with Crippen LogP contribution in [0.3, 0.4) is 0 Å². The van der Waals surface area contributed by atoms with Crippen molar-refractivity contribution in [1.29, 1.82) is 0 Å². The predicted octanol–water partition coefficient (Wildman–Crippen LogP) is 2.41. The second-order valence-corrected chi connectivity index (χ2v) is 6.82. The van der Waals surface area contributed by atoms with Crippen molar-refractivity contribution in [3.8, 4) is 0 Å². The van der Waals surface area contributed by atoms with Gasteiger partial charge in [0, 0.05) is 24.1 Å². The lowest BCUT2D eigenvalue weighted by atomic mass is 10.3. The van der Waals surface area contributed by atoms with E-state index in [4.69, 9.17) is 16.3 Å². The third-order valence-electron chi connectivity index (χ3n) is 3.43. The van der Waals surface area contributed by atoms with E-state index in [1.807, 2.05) is 0 Å². The molecule has 23 heavy (non-hydrogen) atoms. The Kier molecular flexibility index (Phi) is 5.20. The van der Waals surface area contributed by atoms with E-state index in [9.17, 15) is 8.60 Å². The molecule has 5 nitrogen and oxygen atoms in total. The number of anilines is 1. The van der Waals surface area contributed by atoms with Crippen LogP contribution in [0.1, 0.15) is 5.69 Å². The van der Waals surface area contributed by atoms with E-state index in [1.54, 1.807) is 6.07 Å². The Morgan fingerprint density at radius 2 is 1.91 bits per heavy atom. The molecule has 1 unspecified atom stereocenters. The van der Waals surface area contributed by atoms with E-state index >= 15 is 0 Å². The maximum Gasteiger partial charge on any atom is 0.224 e. The number of halogens is 2. The van der Waals surface area contributed by atoms with Crippen LogP contribution in [-0.4, -0.2) is 40.5 Å². The lowest BCUT2D eigenvalue weighted by molar-refractivity contribution is 0.122. The van der Waals surface area contributed by atoms with Gasteiger partial charge in [0.2, 0.25) is 5.28 Å². The van der Waals surface area contributed by atoms with Gasteiger partial charge in [-0.05, 0) is 35.9 Å². The van der Waals surface area contributed by atoms with Gasteiger partial charge in [-0.1, -0.05) is 0 Å². The van der Waals surface area contributed by atoms with Crippen LogP contribution < -0.4 is 4.90 Å². The van der Waals surface area contributed by atoms with Crippen LogP contribution in [0, 0.1) is 5.82 Å². The van der Waals surface area contributed by atoms with E-state index in [0.717, 1.165) is 13.1 Å². The molecule has 1 aromatic carbocycles. The van der Waals surface area contributed by atoms with Crippen molar-refractivity contribution >= 4 is 28.2 Å². The van der Waals surface area contributed by atoms with Crippen LogP contribution in [0.15, 0.2) is 35.2 Å². The molecule has 8 heteroatoms.